The SMILES string of the molecule is CCC1(CNC(=NCc2nnc(C)n2C)NCCCN2CCOCC2)CCC1.I. The van der Waals surface area contributed by atoms with E-state index in [9.17, 15) is 0 Å². The molecule has 0 aromatic carbocycles. The van der Waals surface area contributed by atoms with Gasteiger partial charge in [0.1, 0.15) is 12.4 Å². The first-order chi connectivity index (χ1) is 13.6. The molecule has 8 nitrogen and oxygen atoms in total. The van der Waals surface area contributed by atoms with E-state index in [2.05, 4.69) is 32.7 Å². The summed E-state index contributed by atoms with van der Waals surface area (Å²) in [7, 11) is 1.99. The van der Waals surface area contributed by atoms with Crippen molar-refractivity contribution in [1.29, 1.82) is 0 Å². The first-order valence-electron chi connectivity index (χ1n) is 10.8. The number of guanidine groups is 1. The summed E-state index contributed by atoms with van der Waals surface area (Å²) in [6.45, 7) is 11.6. The number of nitrogens with one attached hydrogen (secondary N) is 2. The summed E-state index contributed by atoms with van der Waals surface area (Å²) in [6, 6.07) is 0. The van der Waals surface area contributed by atoms with Gasteiger partial charge in [0.05, 0.1) is 13.2 Å². The van der Waals surface area contributed by atoms with Gasteiger partial charge in [-0.3, -0.25) is 4.90 Å². The van der Waals surface area contributed by atoms with Gasteiger partial charge < -0.3 is 19.9 Å². The monoisotopic (exact) mass is 519 g/mol. The van der Waals surface area contributed by atoms with E-state index in [1.165, 1.54) is 25.7 Å². The zero-order chi connectivity index (χ0) is 19.8. The van der Waals surface area contributed by atoms with Crippen LogP contribution in [0.4, 0.5) is 0 Å². The van der Waals surface area contributed by atoms with Gasteiger partial charge in [-0.1, -0.05) is 13.3 Å². The van der Waals surface area contributed by atoms with Crippen molar-refractivity contribution < 1.29 is 4.74 Å². The van der Waals surface area contributed by atoms with Gasteiger partial charge in [0, 0.05) is 33.2 Å². The van der Waals surface area contributed by atoms with Gasteiger partial charge in [0.15, 0.2) is 11.8 Å². The smallest absolute Gasteiger partial charge is 0.191 e. The van der Waals surface area contributed by atoms with Gasteiger partial charge in [-0.15, -0.1) is 34.2 Å². The molecule has 2 fully saturated rings. The Hall–Kier alpha value is -0.940. The molecule has 0 amide bonds. The highest BCUT2D eigenvalue weighted by molar-refractivity contribution is 14.0. The minimum absolute atomic E-state index is 0. The van der Waals surface area contributed by atoms with Gasteiger partial charge in [0.25, 0.3) is 0 Å². The minimum Gasteiger partial charge on any atom is -0.379 e. The van der Waals surface area contributed by atoms with Crippen LogP contribution in [0.1, 0.15) is 50.7 Å². The second-order valence-corrected chi connectivity index (χ2v) is 8.18. The summed E-state index contributed by atoms with van der Waals surface area (Å²) in [4.78, 5) is 7.26. The van der Waals surface area contributed by atoms with Crippen LogP contribution < -0.4 is 10.6 Å². The van der Waals surface area contributed by atoms with Crippen LogP contribution in [-0.4, -0.2) is 71.6 Å². The molecule has 0 spiro atoms. The molecule has 0 bridgehead atoms. The van der Waals surface area contributed by atoms with Crippen LogP contribution in [0.15, 0.2) is 4.99 Å². The van der Waals surface area contributed by atoms with E-state index in [0.717, 1.165) is 70.0 Å². The van der Waals surface area contributed by atoms with Crippen LogP contribution in [0.2, 0.25) is 0 Å². The summed E-state index contributed by atoms with van der Waals surface area (Å²) in [5, 5.41) is 15.5. The number of hydrogen-bond acceptors (Lipinski definition) is 5. The average Bonchev–Trinajstić information content (AvgIpc) is 3.01. The van der Waals surface area contributed by atoms with Gasteiger partial charge in [-0.05, 0) is 44.6 Å². The van der Waals surface area contributed by atoms with Crippen LogP contribution in [0, 0.1) is 12.3 Å². The zero-order valence-electron chi connectivity index (χ0n) is 18.2. The Kier molecular flexibility index (Phi) is 10.1. The standard InChI is InChI=1S/C20H37N7O.HI/c1-4-20(7-5-8-20)16-23-19(22-15-18-25-24-17(2)26(18)3)21-9-6-10-27-11-13-28-14-12-27;/h4-16H2,1-3H3,(H2,21,22,23);1H. The van der Waals surface area contributed by atoms with E-state index < -0.39 is 0 Å². The largest absolute Gasteiger partial charge is 0.379 e. The van der Waals surface area contributed by atoms with Gasteiger partial charge >= 0.3 is 0 Å². The van der Waals surface area contributed by atoms with Crippen molar-refractivity contribution >= 4 is 29.9 Å². The molecule has 1 aromatic rings. The number of ether oxygens (including phenoxy) is 1. The molecule has 166 valence electrons. The van der Waals surface area contributed by atoms with Crippen molar-refractivity contribution in [3.8, 4) is 0 Å². The maximum atomic E-state index is 5.42. The molecule has 1 aliphatic carbocycles. The molecule has 0 unspecified atom stereocenters. The van der Waals surface area contributed by atoms with E-state index in [1.807, 2.05) is 18.5 Å². The van der Waals surface area contributed by atoms with E-state index in [4.69, 9.17) is 9.73 Å². The highest BCUT2D eigenvalue weighted by atomic mass is 127. The number of aromatic nitrogens is 3. The van der Waals surface area contributed by atoms with Crippen LogP contribution in [-0.2, 0) is 18.3 Å². The predicted octanol–water partition coefficient (Wildman–Crippen LogP) is 2.08. The first kappa shape index (κ1) is 24.3. The second-order valence-electron chi connectivity index (χ2n) is 8.18. The van der Waals surface area contributed by atoms with Crippen molar-refractivity contribution in [2.45, 2.75) is 52.5 Å². The fourth-order valence-electron chi connectivity index (χ4n) is 3.85. The third-order valence-electron chi connectivity index (χ3n) is 6.40. The summed E-state index contributed by atoms with van der Waals surface area (Å²) in [5.74, 6) is 2.70. The Balaban J connectivity index is 0.00000300. The van der Waals surface area contributed by atoms with Gasteiger partial charge in [0.2, 0.25) is 0 Å². The lowest BCUT2D eigenvalue weighted by atomic mass is 9.67. The second kappa shape index (κ2) is 12.0. The maximum Gasteiger partial charge on any atom is 0.191 e. The molecule has 1 saturated carbocycles. The van der Waals surface area contributed by atoms with Crippen molar-refractivity contribution in [2.75, 3.05) is 45.9 Å². The van der Waals surface area contributed by atoms with Crippen molar-refractivity contribution in [3.63, 3.8) is 0 Å². The zero-order valence-corrected chi connectivity index (χ0v) is 20.6. The predicted molar refractivity (Wildman–Crippen MR) is 127 cm³/mol. The van der Waals surface area contributed by atoms with E-state index >= 15 is 0 Å². The fraction of sp³-hybridized carbons (Fsp3) is 0.850. The highest BCUT2D eigenvalue weighted by Crippen LogP contribution is 2.42. The number of aliphatic imine (C=N–C) groups is 1. The molecule has 0 radical (unpaired) electrons. The fourth-order valence-corrected chi connectivity index (χ4v) is 3.85. The molecule has 0 atom stereocenters. The third-order valence-corrected chi connectivity index (χ3v) is 6.40. The van der Waals surface area contributed by atoms with Crippen LogP contribution in [0.25, 0.3) is 0 Å². The number of halogens is 1. The molecular formula is C20H38IN7O. The average molecular weight is 519 g/mol. The molecule has 2 heterocycles. The normalized spacial score (nSPS) is 19.3. The number of hydrogen-bond donors (Lipinski definition) is 2. The lowest BCUT2D eigenvalue weighted by Crippen LogP contribution is -2.47. The topological polar surface area (TPSA) is 79.6 Å². The lowest BCUT2D eigenvalue weighted by Gasteiger charge is -2.41. The quantitative estimate of drug-likeness (QED) is 0.225. The third kappa shape index (κ3) is 7.06. The maximum absolute atomic E-state index is 5.42. The van der Waals surface area contributed by atoms with Crippen LogP contribution >= 0.6 is 24.0 Å². The Morgan fingerprint density at radius 2 is 1.97 bits per heavy atom. The van der Waals surface area contributed by atoms with Crippen molar-refractivity contribution in [2.24, 2.45) is 17.5 Å². The van der Waals surface area contributed by atoms with Gasteiger partial charge in [-0.25, -0.2) is 4.99 Å². The van der Waals surface area contributed by atoms with Crippen molar-refractivity contribution in [3.05, 3.63) is 11.6 Å². The molecule has 1 aliphatic heterocycles. The number of aryl methyl sites for hydroxylation is 1. The summed E-state index contributed by atoms with van der Waals surface area (Å²) in [5.41, 5.74) is 0.456. The Morgan fingerprint density at radius 1 is 1.21 bits per heavy atom. The summed E-state index contributed by atoms with van der Waals surface area (Å²) in [6.07, 6.45) is 6.33. The number of morpholine rings is 1. The summed E-state index contributed by atoms with van der Waals surface area (Å²) >= 11 is 0. The number of rotatable bonds is 9. The van der Waals surface area contributed by atoms with Gasteiger partial charge in [-0.2, -0.15) is 0 Å². The summed E-state index contributed by atoms with van der Waals surface area (Å²) < 4.78 is 7.42. The minimum atomic E-state index is 0. The molecule has 3 rings (SSSR count). The van der Waals surface area contributed by atoms with E-state index in [1.54, 1.807) is 0 Å². The molecule has 29 heavy (non-hydrogen) atoms. The van der Waals surface area contributed by atoms with Crippen LogP contribution in [0.3, 0.4) is 0 Å². The van der Waals surface area contributed by atoms with E-state index in [0.29, 0.717) is 12.0 Å². The number of nitrogens with zero attached hydrogens (tertiary/aromatic N) is 5. The molecule has 9 heteroatoms. The van der Waals surface area contributed by atoms with Crippen LogP contribution in [0.5, 0.6) is 0 Å². The molecule has 2 N–H and O–H groups in total. The molecule has 1 aromatic heterocycles. The Bertz CT molecular complexity index is 633. The molecule has 2 aliphatic rings. The lowest BCUT2D eigenvalue weighted by molar-refractivity contribution is 0.0376. The first-order valence-corrected chi connectivity index (χ1v) is 10.8. The molecular weight excluding hydrogens is 481 g/mol. The van der Waals surface area contributed by atoms with E-state index in [-0.39, 0.29) is 24.0 Å². The molecule has 1 saturated heterocycles. The Morgan fingerprint density at radius 3 is 2.55 bits per heavy atom. The highest BCUT2D eigenvalue weighted by Gasteiger charge is 2.34. The Labute approximate surface area is 192 Å². The van der Waals surface area contributed by atoms with Crippen molar-refractivity contribution in [1.82, 2.24) is 30.3 Å².